The highest BCUT2D eigenvalue weighted by molar-refractivity contribution is 7.41. The maximum absolute atomic E-state index is 7.30. The Balaban J connectivity index is 1.49. The Bertz CT molecular complexity index is 1300. The molecule has 0 amide bonds. The van der Waals surface area contributed by atoms with E-state index in [0.717, 1.165) is 41.7 Å². The SMILES string of the molecule is CC1(C)O[C@@H]2[C@@H](O1)C(c1ccccc1)(c1ccccc1)OP(OCC1CCCO1)OC2(c1ccccc1)c1ccccc1. The second-order valence-corrected chi connectivity index (χ2v) is 12.8. The van der Waals surface area contributed by atoms with Crippen LogP contribution >= 0.6 is 8.60 Å². The van der Waals surface area contributed by atoms with E-state index in [1.807, 2.05) is 86.6 Å². The van der Waals surface area contributed by atoms with E-state index in [9.17, 15) is 0 Å². The summed E-state index contributed by atoms with van der Waals surface area (Å²) < 4.78 is 41.2. The molecule has 4 aromatic carbocycles. The molecule has 0 spiro atoms. The van der Waals surface area contributed by atoms with E-state index in [4.69, 9.17) is 27.8 Å². The monoisotopic (exact) mass is 596 g/mol. The van der Waals surface area contributed by atoms with Crippen LogP contribution in [0.25, 0.3) is 0 Å². The molecule has 3 saturated heterocycles. The fourth-order valence-electron chi connectivity index (χ4n) is 6.63. The van der Waals surface area contributed by atoms with Crippen LogP contribution in [0.4, 0.5) is 0 Å². The van der Waals surface area contributed by atoms with Gasteiger partial charge in [-0.2, -0.15) is 0 Å². The molecule has 6 nitrogen and oxygen atoms in total. The Morgan fingerprint density at radius 3 is 1.37 bits per heavy atom. The van der Waals surface area contributed by atoms with E-state index in [1.54, 1.807) is 0 Å². The zero-order valence-corrected chi connectivity index (χ0v) is 25.4. The first-order chi connectivity index (χ1) is 21.0. The summed E-state index contributed by atoms with van der Waals surface area (Å²) in [7, 11) is -1.98. The van der Waals surface area contributed by atoms with Gasteiger partial charge in [0.1, 0.15) is 12.2 Å². The first-order valence-electron chi connectivity index (χ1n) is 15.0. The molecule has 3 heterocycles. The van der Waals surface area contributed by atoms with Crippen LogP contribution in [0.15, 0.2) is 121 Å². The average Bonchev–Trinajstić information content (AvgIpc) is 3.68. The highest BCUT2D eigenvalue weighted by Crippen LogP contribution is 2.65. The van der Waals surface area contributed by atoms with Crippen molar-refractivity contribution in [3.63, 3.8) is 0 Å². The molecule has 0 N–H and O–H groups in total. The predicted molar refractivity (Wildman–Crippen MR) is 165 cm³/mol. The lowest BCUT2D eigenvalue weighted by Gasteiger charge is -2.41. The number of hydrogen-bond donors (Lipinski definition) is 0. The Morgan fingerprint density at radius 1 is 0.628 bits per heavy atom. The third-order valence-corrected chi connectivity index (χ3v) is 9.77. The van der Waals surface area contributed by atoms with Gasteiger partial charge in [0.15, 0.2) is 17.0 Å². The molecule has 43 heavy (non-hydrogen) atoms. The van der Waals surface area contributed by atoms with Crippen molar-refractivity contribution >= 4 is 8.60 Å². The molecule has 3 atom stereocenters. The van der Waals surface area contributed by atoms with Crippen molar-refractivity contribution in [3.05, 3.63) is 144 Å². The fourth-order valence-corrected chi connectivity index (χ4v) is 8.16. The van der Waals surface area contributed by atoms with E-state index in [-0.39, 0.29) is 6.10 Å². The fraction of sp³-hybridized carbons (Fsp3) is 0.333. The van der Waals surface area contributed by atoms with E-state index >= 15 is 0 Å². The second kappa shape index (κ2) is 11.9. The van der Waals surface area contributed by atoms with Crippen molar-refractivity contribution in [2.75, 3.05) is 13.2 Å². The molecule has 0 aromatic heterocycles. The van der Waals surface area contributed by atoms with E-state index < -0.39 is 37.8 Å². The van der Waals surface area contributed by atoms with Gasteiger partial charge in [-0.15, -0.1) is 0 Å². The first kappa shape index (κ1) is 28.8. The van der Waals surface area contributed by atoms with Crippen LogP contribution < -0.4 is 0 Å². The minimum Gasteiger partial charge on any atom is -0.376 e. The highest BCUT2D eigenvalue weighted by atomic mass is 31.2. The van der Waals surface area contributed by atoms with Crippen molar-refractivity contribution in [1.82, 2.24) is 0 Å². The summed E-state index contributed by atoms with van der Waals surface area (Å²) >= 11 is 0. The molecule has 7 heteroatoms. The lowest BCUT2D eigenvalue weighted by Crippen LogP contribution is -2.53. The topological polar surface area (TPSA) is 55.4 Å². The van der Waals surface area contributed by atoms with Crippen LogP contribution in [0.5, 0.6) is 0 Å². The third kappa shape index (κ3) is 5.26. The van der Waals surface area contributed by atoms with Crippen molar-refractivity contribution in [2.45, 2.75) is 62.0 Å². The molecule has 7 rings (SSSR count). The van der Waals surface area contributed by atoms with E-state index in [0.29, 0.717) is 6.61 Å². The van der Waals surface area contributed by atoms with Gasteiger partial charge < -0.3 is 18.7 Å². The normalized spacial score (nSPS) is 26.0. The van der Waals surface area contributed by atoms with E-state index in [2.05, 4.69) is 48.5 Å². The lowest BCUT2D eigenvalue weighted by molar-refractivity contribution is -0.176. The molecule has 3 aliphatic rings. The van der Waals surface area contributed by atoms with Crippen molar-refractivity contribution in [1.29, 1.82) is 0 Å². The number of hydrogen-bond acceptors (Lipinski definition) is 6. The third-order valence-electron chi connectivity index (χ3n) is 8.54. The van der Waals surface area contributed by atoms with Gasteiger partial charge in [-0.3, -0.25) is 9.05 Å². The molecule has 1 unspecified atom stereocenters. The summed E-state index contributed by atoms with van der Waals surface area (Å²) in [5.41, 5.74) is 1.51. The largest absolute Gasteiger partial charge is 0.376 e. The quantitative estimate of drug-likeness (QED) is 0.203. The Labute approximate surface area is 254 Å². The minimum absolute atomic E-state index is 0.00501. The summed E-state index contributed by atoms with van der Waals surface area (Å²) in [5, 5.41) is 0. The molecule has 4 aromatic rings. The molecule has 222 valence electrons. The molecule has 3 fully saturated rings. The Morgan fingerprint density at radius 2 is 1.02 bits per heavy atom. The number of rotatable bonds is 7. The standard InChI is InChI=1S/C36H37O6P/c1-34(2)39-32-33(40-34)36(29-20-11-5-12-21-29,30-22-13-6-14-23-30)42-43(38-26-31-24-15-25-37-31)41-35(32,27-16-7-3-8-17-27)28-18-9-4-10-19-28/h3-14,16-23,31-33H,15,24-26H2,1-2H3/t31?,32-,33-/m1/s1. The van der Waals surface area contributed by atoms with Crippen molar-refractivity contribution < 1.29 is 27.8 Å². The van der Waals surface area contributed by atoms with E-state index in [1.165, 1.54) is 0 Å². The zero-order chi connectivity index (χ0) is 29.3. The van der Waals surface area contributed by atoms with Crippen LogP contribution in [0.1, 0.15) is 48.9 Å². The minimum atomic E-state index is -1.98. The molecule has 0 bridgehead atoms. The maximum Gasteiger partial charge on any atom is 0.335 e. The molecule has 0 radical (unpaired) electrons. The van der Waals surface area contributed by atoms with Crippen LogP contribution in [0.2, 0.25) is 0 Å². The van der Waals surface area contributed by atoms with Gasteiger partial charge in [-0.05, 0) is 48.9 Å². The van der Waals surface area contributed by atoms with Gasteiger partial charge in [-0.1, -0.05) is 121 Å². The Hall–Kier alpha value is -2.93. The van der Waals surface area contributed by atoms with Crippen LogP contribution in [-0.2, 0) is 39.0 Å². The molecule has 3 aliphatic heterocycles. The second-order valence-electron chi connectivity index (χ2n) is 11.7. The van der Waals surface area contributed by atoms with Crippen molar-refractivity contribution in [3.8, 4) is 0 Å². The number of fused-ring (bicyclic) bond motifs is 1. The Kier molecular flexibility index (Phi) is 7.95. The van der Waals surface area contributed by atoms with Gasteiger partial charge in [0, 0.05) is 6.61 Å². The van der Waals surface area contributed by atoms with Gasteiger partial charge in [0.05, 0.1) is 12.7 Å². The maximum atomic E-state index is 7.30. The molecule has 0 aliphatic carbocycles. The summed E-state index contributed by atoms with van der Waals surface area (Å²) in [6.07, 6.45) is 0.720. The van der Waals surface area contributed by atoms with Crippen LogP contribution in [0, 0.1) is 0 Å². The summed E-state index contributed by atoms with van der Waals surface area (Å²) in [5.74, 6) is -0.926. The molecular formula is C36H37O6P. The number of ether oxygens (including phenoxy) is 3. The predicted octanol–water partition coefficient (Wildman–Crippen LogP) is 7.86. The van der Waals surface area contributed by atoms with Gasteiger partial charge in [0.25, 0.3) is 0 Å². The van der Waals surface area contributed by atoms with Crippen LogP contribution in [0.3, 0.4) is 0 Å². The van der Waals surface area contributed by atoms with Crippen molar-refractivity contribution in [2.24, 2.45) is 0 Å². The summed E-state index contributed by atoms with van der Waals surface area (Å²) in [6, 6.07) is 41.0. The lowest BCUT2D eigenvalue weighted by atomic mass is 9.72. The van der Waals surface area contributed by atoms with Gasteiger partial charge in [0.2, 0.25) is 0 Å². The smallest absolute Gasteiger partial charge is 0.335 e. The number of benzene rings is 4. The summed E-state index contributed by atoms with van der Waals surface area (Å²) in [6.45, 7) is 5.03. The van der Waals surface area contributed by atoms with Gasteiger partial charge >= 0.3 is 8.60 Å². The van der Waals surface area contributed by atoms with Gasteiger partial charge in [-0.25, -0.2) is 0 Å². The zero-order valence-electron chi connectivity index (χ0n) is 24.5. The van der Waals surface area contributed by atoms with Crippen LogP contribution in [-0.4, -0.2) is 37.3 Å². The highest BCUT2D eigenvalue weighted by Gasteiger charge is 2.67. The first-order valence-corrected chi connectivity index (χ1v) is 16.1. The molecule has 0 saturated carbocycles. The average molecular weight is 597 g/mol. The molecular weight excluding hydrogens is 559 g/mol. The summed E-state index contributed by atoms with van der Waals surface area (Å²) in [4.78, 5) is 0.